The van der Waals surface area contributed by atoms with Gasteiger partial charge in [0.2, 0.25) is 0 Å². The highest BCUT2D eigenvalue weighted by Crippen LogP contribution is 2.23. The summed E-state index contributed by atoms with van der Waals surface area (Å²) in [6.07, 6.45) is 5.53. The minimum Gasteiger partial charge on any atom is -0.396 e. The van der Waals surface area contributed by atoms with Gasteiger partial charge in [-0.15, -0.1) is 0 Å². The molecular formula is C25H42N4O3. The molecule has 0 unspecified atom stereocenters. The van der Waals surface area contributed by atoms with Crippen molar-refractivity contribution in [3.8, 4) is 0 Å². The van der Waals surface area contributed by atoms with E-state index in [-0.39, 0.29) is 0 Å². The Morgan fingerprint density at radius 3 is 2.41 bits per heavy atom. The average molecular weight is 447 g/mol. The Kier molecular flexibility index (Phi) is 10.6. The first-order valence-electron chi connectivity index (χ1n) is 12.3. The summed E-state index contributed by atoms with van der Waals surface area (Å²) >= 11 is 0. The fraction of sp³-hybridized carbons (Fsp3) is 0.720. The van der Waals surface area contributed by atoms with E-state index in [1.807, 2.05) is 0 Å². The summed E-state index contributed by atoms with van der Waals surface area (Å²) in [7, 11) is 1.73. The zero-order valence-electron chi connectivity index (χ0n) is 20.0. The quantitative estimate of drug-likeness (QED) is 0.327. The highest BCUT2D eigenvalue weighted by atomic mass is 16.5. The molecular weight excluding hydrogens is 404 g/mol. The molecule has 0 radical (unpaired) electrons. The highest BCUT2D eigenvalue weighted by Gasteiger charge is 2.22. The van der Waals surface area contributed by atoms with Gasteiger partial charge in [0, 0.05) is 65.3 Å². The topological polar surface area (TPSA) is 69.6 Å². The van der Waals surface area contributed by atoms with E-state index in [0.717, 1.165) is 84.0 Å². The normalized spacial score (nSPS) is 18.9. The lowest BCUT2D eigenvalue weighted by atomic mass is 9.97. The number of aliphatic hydroxyl groups excluding tert-OH is 1. The van der Waals surface area contributed by atoms with Gasteiger partial charge in [-0.25, -0.2) is 4.99 Å². The molecule has 0 atom stereocenters. The van der Waals surface area contributed by atoms with E-state index in [0.29, 0.717) is 25.2 Å². The SMILES string of the molecule is CCNC(=NCc1ccc(N2CCC(CO)CC2)cc1)N1CCC(OCCCOC)CC1. The van der Waals surface area contributed by atoms with Gasteiger partial charge < -0.3 is 29.7 Å². The molecule has 2 heterocycles. The van der Waals surface area contributed by atoms with Crippen molar-refractivity contribution in [2.75, 3.05) is 64.6 Å². The smallest absolute Gasteiger partial charge is 0.194 e. The van der Waals surface area contributed by atoms with Crippen molar-refractivity contribution in [1.82, 2.24) is 10.2 Å². The van der Waals surface area contributed by atoms with Crippen LogP contribution < -0.4 is 10.2 Å². The Bertz CT molecular complexity index is 666. The summed E-state index contributed by atoms with van der Waals surface area (Å²) in [5.41, 5.74) is 2.50. The summed E-state index contributed by atoms with van der Waals surface area (Å²) in [5.74, 6) is 1.47. The number of methoxy groups -OCH3 is 1. The number of benzene rings is 1. The summed E-state index contributed by atoms with van der Waals surface area (Å²) < 4.78 is 11.1. The lowest BCUT2D eigenvalue weighted by Gasteiger charge is -2.34. The number of nitrogens with one attached hydrogen (secondary N) is 1. The van der Waals surface area contributed by atoms with Gasteiger partial charge in [-0.05, 0) is 62.6 Å². The molecule has 2 saturated heterocycles. The summed E-state index contributed by atoms with van der Waals surface area (Å²) in [4.78, 5) is 9.70. The van der Waals surface area contributed by atoms with Gasteiger partial charge in [-0.2, -0.15) is 0 Å². The standard InChI is InChI=1S/C25H42N4O3/c1-3-26-25(29-15-11-24(12-16-29)32-18-4-17-31-2)27-19-21-5-7-23(8-6-21)28-13-9-22(20-30)10-14-28/h5-8,22,24,30H,3-4,9-20H2,1-2H3,(H,26,27). The van der Waals surface area contributed by atoms with Crippen LogP contribution in [-0.2, 0) is 16.0 Å². The summed E-state index contributed by atoms with van der Waals surface area (Å²) in [6.45, 7) is 9.54. The fourth-order valence-corrected chi connectivity index (χ4v) is 4.47. The van der Waals surface area contributed by atoms with Crippen LogP contribution in [0, 0.1) is 5.92 Å². The molecule has 3 rings (SSSR count). The van der Waals surface area contributed by atoms with Gasteiger partial charge in [0.15, 0.2) is 5.96 Å². The van der Waals surface area contributed by atoms with E-state index in [4.69, 9.17) is 14.5 Å². The first-order chi connectivity index (χ1) is 15.7. The van der Waals surface area contributed by atoms with Crippen molar-refractivity contribution in [1.29, 1.82) is 0 Å². The van der Waals surface area contributed by atoms with E-state index in [2.05, 4.69) is 46.3 Å². The van der Waals surface area contributed by atoms with Gasteiger partial charge >= 0.3 is 0 Å². The van der Waals surface area contributed by atoms with Gasteiger partial charge in [-0.1, -0.05) is 12.1 Å². The minimum absolute atomic E-state index is 0.317. The Morgan fingerprint density at radius 2 is 1.78 bits per heavy atom. The van der Waals surface area contributed by atoms with Crippen molar-refractivity contribution in [3.05, 3.63) is 29.8 Å². The largest absolute Gasteiger partial charge is 0.396 e. The maximum Gasteiger partial charge on any atom is 0.194 e. The Morgan fingerprint density at radius 1 is 1.06 bits per heavy atom. The molecule has 2 aliphatic rings. The van der Waals surface area contributed by atoms with Crippen LogP contribution in [-0.4, -0.2) is 81.7 Å². The molecule has 0 spiro atoms. The molecule has 0 bridgehead atoms. The summed E-state index contributed by atoms with van der Waals surface area (Å²) in [5, 5.41) is 12.8. The van der Waals surface area contributed by atoms with E-state index in [1.165, 1.54) is 11.3 Å². The molecule has 2 fully saturated rings. The van der Waals surface area contributed by atoms with E-state index < -0.39 is 0 Å². The molecule has 2 aliphatic heterocycles. The monoisotopic (exact) mass is 446 g/mol. The molecule has 2 N–H and O–H groups in total. The van der Waals surface area contributed by atoms with Crippen molar-refractivity contribution in [2.45, 2.75) is 51.7 Å². The van der Waals surface area contributed by atoms with Crippen LogP contribution in [0.25, 0.3) is 0 Å². The van der Waals surface area contributed by atoms with E-state index >= 15 is 0 Å². The second kappa shape index (κ2) is 13.7. The Labute approximate surface area is 193 Å². The third-order valence-electron chi connectivity index (χ3n) is 6.51. The number of nitrogens with zero attached hydrogens (tertiary/aromatic N) is 3. The van der Waals surface area contributed by atoms with Crippen LogP contribution in [0.3, 0.4) is 0 Å². The van der Waals surface area contributed by atoms with Crippen molar-refractivity contribution in [3.63, 3.8) is 0 Å². The number of rotatable bonds is 10. The summed E-state index contributed by atoms with van der Waals surface area (Å²) in [6, 6.07) is 8.81. The van der Waals surface area contributed by atoms with Gasteiger partial charge in [0.05, 0.1) is 12.6 Å². The maximum atomic E-state index is 9.34. The second-order valence-electron chi connectivity index (χ2n) is 8.85. The first kappa shape index (κ1) is 24.8. The van der Waals surface area contributed by atoms with Crippen LogP contribution in [0.4, 0.5) is 5.69 Å². The molecule has 1 aromatic carbocycles. The van der Waals surface area contributed by atoms with Gasteiger partial charge in [0.1, 0.15) is 0 Å². The highest BCUT2D eigenvalue weighted by molar-refractivity contribution is 5.80. The van der Waals surface area contributed by atoms with Crippen molar-refractivity contribution in [2.24, 2.45) is 10.9 Å². The molecule has 0 aromatic heterocycles. The second-order valence-corrected chi connectivity index (χ2v) is 8.85. The molecule has 7 heteroatoms. The van der Waals surface area contributed by atoms with Crippen LogP contribution in [0.15, 0.2) is 29.3 Å². The lowest BCUT2D eigenvalue weighted by Crippen LogP contribution is -2.47. The molecule has 0 saturated carbocycles. The molecule has 0 amide bonds. The number of guanidine groups is 1. The molecule has 0 aliphatic carbocycles. The number of anilines is 1. The molecule has 180 valence electrons. The lowest BCUT2D eigenvalue weighted by molar-refractivity contribution is 0.00990. The zero-order chi connectivity index (χ0) is 22.6. The predicted molar refractivity (Wildman–Crippen MR) is 130 cm³/mol. The van der Waals surface area contributed by atoms with Gasteiger partial charge in [-0.3, -0.25) is 0 Å². The van der Waals surface area contributed by atoms with E-state index in [1.54, 1.807) is 7.11 Å². The predicted octanol–water partition coefficient (Wildman–Crippen LogP) is 2.88. The Hall–Kier alpha value is -1.83. The Balaban J connectivity index is 1.47. The average Bonchev–Trinajstić information content (AvgIpc) is 2.85. The van der Waals surface area contributed by atoms with Crippen LogP contribution in [0.5, 0.6) is 0 Å². The number of piperidine rings is 2. The number of aliphatic hydroxyl groups is 1. The molecule has 1 aromatic rings. The maximum absolute atomic E-state index is 9.34. The van der Waals surface area contributed by atoms with Crippen LogP contribution >= 0.6 is 0 Å². The van der Waals surface area contributed by atoms with Crippen LogP contribution in [0.2, 0.25) is 0 Å². The number of hydrogen-bond donors (Lipinski definition) is 2. The zero-order valence-corrected chi connectivity index (χ0v) is 20.0. The number of hydrogen-bond acceptors (Lipinski definition) is 5. The molecule has 32 heavy (non-hydrogen) atoms. The fourth-order valence-electron chi connectivity index (χ4n) is 4.47. The first-order valence-corrected chi connectivity index (χ1v) is 12.3. The van der Waals surface area contributed by atoms with Crippen molar-refractivity contribution < 1.29 is 14.6 Å². The number of aliphatic imine (C=N–C) groups is 1. The number of likely N-dealkylation sites (tertiary alicyclic amines) is 1. The third kappa shape index (κ3) is 7.64. The molecule has 7 nitrogen and oxygen atoms in total. The minimum atomic E-state index is 0.317. The third-order valence-corrected chi connectivity index (χ3v) is 6.51. The van der Waals surface area contributed by atoms with Crippen molar-refractivity contribution >= 4 is 11.6 Å². The van der Waals surface area contributed by atoms with Crippen LogP contribution in [0.1, 0.15) is 44.6 Å². The van der Waals surface area contributed by atoms with Gasteiger partial charge in [0.25, 0.3) is 0 Å². The van der Waals surface area contributed by atoms with E-state index in [9.17, 15) is 5.11 Å². The number of ether oxygens (including phenoxy) is 2.